The second kappa shape index (κ2) is 6.24. The first kappa shape index (κ1) is 15.1. The lowest BCUT2D eigenvalue weighted by Gasteiger charge is -2.13. The van der Waals surface area contributed by atoms with Gasteiger partial charge < -0.3 is 10.1 Å². The molecule has 124 valence electrons. The molecule has 4 rings (SSSR count). The van der Waals surface area contributed by atoms with E-state index >= 15 is 0 Å². The number of benzene rings is 1. The first-order valence-electron chi connectivity index (χ1n) is 8.31. The highest BCUT2D eigenvalue weighted by Gasteiger charge is 2.20. The van der Waals surface area contributed by atoms with E-state index in [0.717, 1.165) is 36.5 Å². The SMILES string of the molecule is Cc1ccc2nc(-c3ccccc3F)c(NCC3CCCO3)n2c1. The van der Waals surface area contributed by atoms with Gasteiger partial charge in [0.25, 0.3) is 0 Å². The number of imidazole rings is 1. The molecule has 1 N–H and O–H groups in total. The number of aryl methyl sites for hydroxylation is 1. The van der Waals surface area contributed by atoms with Crippen molar-refractivity contribution in [2.24, 2.45) is 0 Å². The van der Waals surface area contributed by atoms with Gasteiger partial charge in [0.1, 0.15) is 23.0 Å². The maximum absolute atomic E-state index is 14.3. The van der Waals surface area contributed by atoms with E-state index in [4.69, 9.17) is 4.74 Å². The van der Waals surface area contributed by atoms with Gasteiger partial charge in [0.05, 0.1) is 6.10 Å². The summed E-state index contributed by atoms with van der Waals surface area (Å²) in [6.07, 6.45) is 4.37. The molecule has 0 spiro atoms. The molecule has 0 bridgehead atoms. The van der Waals surface area contributed by atoms with Crippen LogP contribution in [0, 0.1) is 12.7 Å². The molecule has 5 heteroatoms. The van der Waals surface area contributed by atoms with E-state index in [2.05, 4.69) is 10.3 Å². The average Bonchev–Trinajstić information content (AvgIpc) is 3.21. The summed E-state index contributed by atoms with van der Waals surface area (Å²) >= 11 is 0. The number of fused-ring (bicyclic) bond motifs is 1. The number of anilines is 1. The van der Waals surface area contributed by atoms with Crippen LogP contribution in [0.1, 0.15) is 18.4 Å². The predicted molar refractivity (Wildman–Crippen MR) is 92.8 cm³/mol. The van der Waals surface area contributed by atoms with Gasteiger partial charge in [0.2, 0.25) is 0 Å². The van der Waals surface area contributed by atoms with Gasteiger partial charge in [-0.05, 0) is 43.5 Å². The van der Waals surface area contributed by atoms with E-state index in [1.807, 2.05) is 35.7 Å². The molecule has 1 fully saturated rings. The van der Waals surface area contributed by atoms with Crippen molar-refractivity contribution in [3.05, 3.63) is 54.0 Å². The summed E-state index contributed by atoms with van der Waals surface area (Å²) in [6, 6.07) is 10.7. The van der Waals surface area contributed by atoms with Crippen LogP contribution >= 0.6 is 0 Å². The molecular formula is C19H20FN3O. The fourth-order valence-electron chi connectivity index (χ4n) is 3.18. The van der Waals surface area contributed by atoms with Crippen molar-refractivity contribution in [1.29, 1.82) is 0 Å². The molecule has 1 atom stereocenters. The Bertz CT molecular complexity index is 868. The standard InChI is InChI=1S/C19H20FN3O/c1-13-8-9-17-22-18(15-6-2-3-7-16(15)20)19(23(17)12-13)21-11-14-5-4-10-24-14/h2-3,6-9,12,14,21H,4-5,10-11H2,1H3. The summed E-state index contributed by atoms with van der Waals surface area (Å²) in [5.41, 5.74) is 3.07. The Morgan fingerprint density at radius 1 is 1.29 bits per heavy atom. The smallest absolute Gasteiger partial charge is 0.139 e. The normalized spacial score (nSPS) is 17.5. The molecule has 3 aromatic rings. The quantitative estimate of drug-likeness (QED) is 0.787. The number of nitrogens with zero attached hydrogens (tertiary/aromatic N) is 2. The fraction of sp³-hybridized carbons (Fsp3) is 0.316. The Kier molecular flexibility index (Phi) is 3.94. The molecule has 2 aromatic heterocycles. The number of halogens is 1. The van der Waals surface area contributed by atoms with Crippen LogP contribution in [0.5, 0.6) is 0 Å². The number of hydrogen-bond acceptors (Lipinski definition) is 3. The highest BCUT2D eigenvalue weighted by Crippen LogP contribution is 2.31. The van der Waals surface area contributed by atoms with Gasteiger partial charge in [0.15, 0.2) is 0 Å². The first-order chi connectivity index (χ1) is 11.7. The second-order valence-electron chi connectivity index (χ2n) is 6.24. The number of ether oxygens (including phenoxy) is 1. The summed E-state index contributed by atoms with van der Waals surface area (Å²) in [7, 11) is 0. The van der Waals surface area contributed by atoms with Gasteiger partial charge in [-0.2, -0.15) is 0 Å². The number of rotatable bonds is 4. The summed E-state index contributed by atoms with van der Waals surface area (Å²) < 4.78 is 22.0. The molecule has 1 aliphatic rings. The van der Waals surface area contributed by atoms with Gasteiger partial charge in [-0.3, -0.25) is 4.40 Å². The number of aromatic nitrogens is 2. The van der Waals surface area contributed by atoms with E-state index in [-0.39, 0.29) is 11.9 Å². The Morgan fingerprint density at radius 3 is 2.96 bits per heavy atom. The lowest BCUT2D eigenvalue weighted by atomic mass is 10.1. The zero-order chi connectivity index (χ0) is 16.5. The van der Waals surface area contributed by atoms with Gasteiger partial charge in [-0.25, -0.2) is 9.37 Å². The topological polar surface area (TPSA) is 38.6 Å². The van der Waals surface area contributed by atoms with E-state index in [9.17, 15) is 4.39 Å². The molecule has 0 aliphatic carbocycles. The first-order valence-corrected chi connectivity index (χ1v) is 8.31. The largest absolute Gasteiger partial charge is 0.376 e. The Morgan fingerprint density at radius 2 is 2.17 bits per heavy atom. The van der Waals surface area contributed by atoms with Crippen LogP contribution < -0.4 is 5.32 Å². The summed E-state index contributed by atoms with van der Waals surface area (Å²) in [4.78, 5) is 4.65. The Labute approximate surface area is 140 Å². The highest BCUT2D eigenvalue weighted by molar-refractivity contribution is 5.77. The minimum atomic E-state index is -0.266. The van der Waals surface area contributed by atoms with Crippen molar-refractivity contribution >= 4 is 11.5 Å². The number of nitrogens with one attached hydrogen (secondary N) is 1. The van der Waals surface area contributed by atoms with Crippen LogP contribution in [0.2, 0.25) is 0 Å². The number of hydrogen-bond donors (Lipinski definition) is 1. The predicted octanol–water partition coefficient (Wildman–Crippen LogP) is 4.04. The molecule has 1 aliphatic heterocycles. The van der Waals surface area contributed by atoms with Gasteiger partial charge in [0, 0.05) is 24.9 Å². The third-order valence-corrected chi connectivity index (χ3v) is 4.42. The second-order valence-corrected chi connectivity index (χ2v) is 6.24. The third-order valence-electron chi connectivity index (χ3n) is 4.42. The van der Waals surface area contributed by atoms with Gasteiger partial charge in [-0.15, -0.1) is 0 Å². The van der Waals surface area contributed by atoms with Crippen LogP contribution in [0.25, 0.3) is 16.9 Å². The highest BCUT2D eigenvalue weighted by atomic mass is 19.1. The van der Waals surface area contributed by atoms with Crippen molar-refractivity contribution < 1.29 is 9.13 Å². The van der Waals surface area contributed by atoms with Crippen LogP contribution in [-0.2, 0) is 4.74 Å². The monoisotopic (exact) mass is 325 g/mol. The molecule has 4 nitrogen and oxygen atoms in total. The molecule has 1 saturated heterocycles. The van der Waals surface area contributed by atoms with E-state index < -0.39 is 0 Å². The zero-order valence-electron chi connectivity index (χ0n) is 13.6. The maximum atomic E-state index is 14.3. The van der Waals surface area contributed by atoms with Gasteiger partial charge >= 0.3 is 0 Å². The lowest BCUT2D eigenvalue weighted by molar-refractivity contribution is 0.120. The van der Waals surface area contributed by atoms with Crippen LogP contribution in [0.4, 0.5) is 10.2 Å². The van der Waals surface area contributed by atoms with Crippen molar-refractivity contribution in [3.8, 4) is 11.3 Å². The summed E-state index contributed by atoms with van der Waals surface area (Å²) in [5, 5.41) is 3.44. The minimum absolute atomic E-state index is 0.203. The molecule has 0 saturated carbocycles. The molecular weight excluding hydrogens is 305 g/mol. The van der Waals surface area contributed by atoms with Crippen molar-refractivity contribution in [2.45, 2.75) is 25.9 Å². The van der Waals surface area contributed by atoms with Crippen LogP contribution in [0.3, 0.4) is 0 Å². The van der Waals surface area contributed by atoms with E-state index in [1.54, 1.807) is 12.1 Å². The van der Waals surface area contributed by atoms with Crippen LogP contribution in [0.15, 0.2) is 42.6 Å². The average molecular weight is 325 g/mol. The third kappa shape index (κ3) is 2.76. The Hall–Kier alpha value is -2.40. The van der Waals surface area contributed by atoms with E-state index in [1.165, 1.54) is 6.07 Å². The molecule has 24 heavy (non-hydrogen) atoms. The lowest BCUT2D eigenvalue weighted by Crippen LogP contribution is -2.19. The molecule has 0 radical (unpaired) electrons. The Balaban J connectivity index is 1.79. The fourth-order valence-corrected chi connectivity index (χ4v) is 3.18. The molecule has 1 aromatic carbocycles. The minimum Gasteiger partial charge on any atom is -0.376 e. The van der Waals surface area contributed by atoms with Crippen molar-refractivity contribution in [2.75, 3.05) is 18.5 Å². The molecule has 0 amide bonds. The van der Waals surface area contributed by atoms with Crippen LogP contribution in [-0.4, -0.2) is 28.6 Å². The van der Waals surface area contributed by atoms with Crippen molar-refractivity contribution in [1.82, 2.24) is 9.38 Å². The molecule has 1 unspecified atom stereocenters. The zero-order valence-corrected chi connectivity index (χ0v) is 13.6. The summed E-state index contributed by atoms with van der Waals surface area (Å²) in [5.74, 6) is 0.548. The van der Waals surface area contributed by atoms with E-state index in [0.29, 0.717) is 17.8 Å². The van der Waals surface area contributed by atoms with Gasteiger partial charge in [-0.1, -0.05) is 18.2 Å². The maximum Gasteiger partial charge on any atom is 0.139 e. The molecule has 3 heterocycles. The summed E-state index contributed by atoms with van der Waals surface area (Å²) in [6.45, 7) is 3.55. The van der Waals surface area contributed by atoms with Crippen molar-refractivity contribution in [3.63, 3.8) is 0 Å². The number of pyridine rings is 1.